The molecular formula is C16H13FN2. The first-order valence-corrected chi connectivity index (χ1v) is 6.14. The lowest BCUT2D eigenvalue weighted by molar-refractivity contribution is 0.628. The van der Waals surface area contributed by atoms with Gasteiger partial charge in [0.1, 0.15) is 5.82 Å². The van der Waals surface area contributed by atoms with Gasteiger partial charge in [0.2, 0.25) is 0 Å². The molecule has 94 valence electrons. The molecule has 1 heterocycles. The monoisotopic (exact) mass is 252 g/mol. The van der Waals surface area contributed by atoms with Crippen molar-refractivity contribution < 1.29 is 4.39 Å². The second-order valence-electron chi connectivity index (χ2n) is 4.39. The zero-order valence-electron chi connectivity index (χ0n) is 10.3. The molecule has 19 heavy (non-hydrogen) atoms. The molecule has 0 saturated heterocycles. The van der Waals surface area contributed by atoms with Crippen LogP contribution in [0.3, 0.4) is 0 Å². The minimum atomic E-state index is -0.220. The summed E-state index contributed by atoms with van der Waals surface area (Å²) in [5, 5.41) is 4.39. The fourth-order valence-electron chi connectivity index (χ4n) is 2.01. The molecule has 0 aliphatic heterocycles. The Hall–Kier alpha value is -2.42. The number of anilines is 1. The van der Waals surface area contributed by atoms with E-state index in [-0.39, 0.29) is 5.82 Å². The van der Waals surface area contributed by atoms with Gasteiger partial charge in [-0.2, -0.15) is 0 Å². The van der Waals surface area contributed by atoms with Crippen molar-refractivity contribution in [3.63, 3.8) is 0 Å². The van der Waals surface area contributed by atoms with Crippen LogP contribution in [0.15, 0.2) is 60.8 Å². The summed E-state index contributed by atoms with van der Waals surface area (Å²) >= 11 is 0. The van der Waals surface area contributed by atoms with Gasteiger partial charge in [0.15, 0.2) is 0 Å². The van der Waals surface area contributed by atoms with Crippen molar-refractivity contribution >= 4 is 16.6 Å². The van der Waals surface area contributed by atoms with Crippen LogP contribution in [-0.2, 0) is 6.54 Å². The molecule has 0 aliphatic carbocycles. The average molecular weight is 252 g/mol. The van der Waals surface area contributed by atoms with Gasteiger partial charge in [0.05, 0.1) is 5.52 Å². The molecule has 1 aromatic heterocycles. The normalized spacial score (nSPS) is 10.6. The number of hydrogen-bond acceptors (Lipinski definition) is 2. The van der Waals surface area contributed by atoms with Crippen molar-refractivity contribution in [1.82, 2.24) is 4.98 Å². The molecule has 0 bridgehead atoms. The number of halogens is 1. The molecule has 0 unspecified atom stereocenters. The first-order valence-electron chi connectivity index (χ1n) is 6.14. The molecule has 1 N–H and O–H groups in total. The minimum absolute atomic E-state index is 0.220. The maximum Gasteiger partial charge on any atom is 0.123 e. The summed E-state index contributed by atoms with van der Waals surface area (Å²) in [6.07, 6.45) is 1.79. The standard InChI is InChI=1S/C16H13FN2/c17-14-4-6-15(7-5-14)19-11-12-3-8-16-13(10-12)2-1-9-18-16/h1-10,19H,11H2. The predicted molar refractivity (Wildman–Crippen MR) is 75.5 cm³/mol. The summed E-state index contributed by atoms with van der Waals surface area (Å²) in [6.45, 7) is 0.705. The van der Waals surface area contributed by atoms with Gasteiger partial charge in [-0.15, -0.1) is 0 Å². The van der Waals surface area contributed by atoms with E-state index in [2.05, 4.69) is 16.4 Å². The van der Waals surface area contributed by atoms with E-state index in [1.165, 1.54) is 17.7 Å². The summed E-state index contributed by atoms with van der Waals surface area (Å²) in [6, 6.07) is 16.5. The second-order valence-corrected chi connectivity index (χ2v) is 4.39. The topological polar surface area (TPSA) is 24.9 Å². The number of rotatable bonds is 3. The van der Waals surface area contributed by atoms with E-state index in [0.717, 1.165) is 16.6 Å². The van der Waals surface area contributed by atoms with E-state index in [9.17, 15) is 4.39 Å². The minimum Gasteiger partial charge on any atom is -0.381 e. The molecule has 3 aromatic rings. The number of nitrogens with zero attached hydrogens (tertiary/aromatic N) is 1. The van der Waals surface area contributed by atoms with Crippen LogP contribution in [0.1, 0.15) is 5.56 Å². The third-order valence-electron chi connectivity index (χ3n) is 3.01. The first-order chi connectivity index (χ1) is 9.31. The third kappa shape index (κ3) is 2.71. The Kier molecular flexibility index (Phi) is 3.11. The van der Waals surface area contributed by atoms with E-state index < -0.39 is 0 Å². The van der Waals surface area contributed by atoms with E-state index >= 15 is 0 Å². The number of benzene rings is 2. The van der Waals surface area contributed by atoms with Crippen molar-refractivity contribution in [3.8, 4) is 0 Å². The second kappa shape index (κ2) is 5.06. The lowest BCUT2D eigenvalue weighted by Crippen LogP contribution is -1.99. The highest BCUT2D eigenvalue weighted by atomic mass is 19.1. The Morgan fingerprint density at radius 1 is 1.00 bits per heavy atom. The quantitative estimate of drug-likeness (QED) is 0.762. The summed E-state index contributed by atoms with van der Waals surface area (Å²) < 4.78 is 12.8. The highest BCUT2D eigenvalue weighted by molar-refractivity contribution is 5.78. The molecule has 0 fully saturated rings. The molecule has 3 heteroatoms. The number of fused-ring (bicyclic) bond motifs is 1. The molecule has 0 aliphatic rings. The van der Waals surface area contributed by atoms with Crippen LogP contribution >= 0.6 is 0 Å². The van der Waals surface area contributed by atoms with Gasteiger partial charge in [-0.1, -0.05) is 12.1 Å². The van der Waals surface area contributed by atoms with Crippen LogP contribution in [0.25, 0.3) is 10.9 Å². The van der Waals surface area contributed by atoms with Crippen LogP contribution in [0.2, 0.25) is 0 Å². The van der Waals surface area contributed by atoms with Crippen LogP contribution in [0.5, 0.6) is 0 Å². The molecule has 0 radical (unpaired) electrons. The van der Waals surface area contributed by atoms with E-state index in [0.29, 0.717) is 6.54 Å². The summed E-state index contributed by atoms with van der Waals surface area (Å²) in [7, 11) is 0. The van der Waals surface area contributed by atoms with Crippen LogP contribution in [-0.4, -0.2) is 4.98 Å². The smallest absolute Gasteiger partial charge is 0.123 e. The summed E-state index contributed by atoms with van der Waals surface area (Å²) in [5.74, 6) is -0.220. The Bertz CT molecular complexity index is 692. The lowest BCUT2D eigenvalue weighted by Gasteiger charge is -2.07. The van der Waals surface area contributed by atoms with Gasteiger partial charge in [0, 0.05) is 23.8 Å². The highest BCUT2D eigenvalue weighted by Crippen LogP contribution is 2.15. The number of aromatic nitrogens is 1. The van der Waals surface area contributed by atoms with E-state index in [4.69, 9.17) is 0 Å². The largest absolute Gasteiger partial charge is 0.381 e. The highest BCUT2D eigenvalue weighted by Gasteiger charge is 1.98. The van der Waals surface area contributed by atoms with Gasteiger partial charge in [-0.3, -0.25) is 4.98 Å². The van der Waals surface area contributed by atoms with Gasteiger partial charge < -0.3 is 5.32 Å². The van der Waals surface area contributed by atoms with E-state index in [1.54, 1.807) is 18.3 Å². The number of hydrogen-bond donors (Lipinski definition) is 1. The molecule has 0 spiro atoms. The molecule has 0 amide bonds. The maximum absolute atomic E-state index is 12.8. The van der Waals surface area contributed by atoms with Gasteiger partial charge in [-0.05, 0) is 48.0 Å². The summed E-state index contributed by atoms with van der Waals surface area (Å²) in [5.41, 5.74) is 3.07. The Balaban J connectivity index is 1.76. The number of nitrogens with one attached hydrogen (secondary N) is 1. The molecule has 0 atom stereocenters. The van der Waals surface area contributed by atoms with Gasteiger partial charge in [0.25, 0.3) is 0 Å². The summed E-state index contributed by atoms with van der Waals surface area (Å²) in [4.78, 5) is 4.29. The fraction of sp³-hybridized carbons (Fsp3) is 0.0625. The zero-order chi connectivity index (χ0) is 13.1. The van der Waals surface area contributed by atoms with Gasteiger partial charge >= 0.3 is 0 Å². The van der Waals surface area contributed by atoms with Crippen molar-refractivity contribution in [2.45, 2.75) is 6.54 Å². The Labute approximate surface area is 110 Å². The van der Waals surface area contributed by atoms with Crippen LogP contribution < -0.4 is 5.32 Å². The van der Waals surface area contributed by atoms with E-state index in [1.807, 2.05) is 24.3 Å². The molecule has 2 aromatic carbocycles. The molecule has 3 rings (SSSR count). The third-order valence-corrected chi connectivity index (χ3v) is 3.01. The van der Waals surface area contributed by atoms with Crippen LogP contribution in [0, 0.1) is 5.82 Å². The van der Waals surface area contributed by atoms with Crippen LogP contribution in [0.4, 0.5) is 10.1 Å². The van der Waals surface area contributed by atoms with Crippen molar-refractivity contribution in [1.29, 1.82) is 0 Å². The van der Waals surface area contributed by atoms with Crippen molar-refractivity contribution in [2.24, 2.45) is 0 Å². The predicted octanol–water partition coefficient (Wildman–Crippen LogP) is 3.99. The molecule has 0 saturated carbocycles. The Morgan fingerprint density at radius 3 is 2.68 bits per heavy atom. The Morgan fingerprint density at radius 2 is 1.84 bits per heavy atom. The fourth-order valence-corrected chi connectivity index (χ4v) is 2.01. The molecule has 2 nitrogen and oxygen atoms in total. The van der Waals surface area contributed by atoms with Gasteiger partial charge in [-0.25, -0.2) is 4.39 Å². The SMILES string of the molecule is Fc1ccc(NCc2ccc3ncccc3c2)cc1. The van der Waals surface area contributed by atoms with Crippen molar-refractivity contribution in [3.05, 3.63) is 72.2 Å². The molecular weight excluding hydrogens is 239 g/mol. The maximum atomic E-state index is 12.8. The zero-order valence-corrected chi connectivity index (χ0v) is 10.3. The first kappa shape index (κ1) is 11.7. The van der Waals surface area contributed by atoms with Crippen molar-refractivity contribution in [2.75, 3.05) is 5.32 Å². The average Bonchev–Trinajstić information content (AvgIpc) is 2.46. The number of pyridine rings is 1. The lowest BCUT2D eigenvalue weighted by atomic mass is 10.1.